The van der Waals surface area contributed by atoms with Crippen LogP contribution in [0.4, 0.5) is 0 Å². The number of rotatable bonds is 2. The Morgan fingerprint density at radius 2 is 2.38 bits per heavy atom. The first-order valence-electron chi connectivity index (χ1n) is 4.49. The van der Waals surface area contributed by atoms with Crippen LogP contribution in [0.1, 0.15) is 12.0 Å². The molecule has 0 radical (unpaired) electrons. The summed E-state index contributed by atoms with van der Waals surface area (Å²) in [4.78, 5) is 15.5. The highest BCUT2D eigenvalue weighted by atomic mass is 79.9. The van der Waals surface area contributed by atoms with E-state index in [-0.39, 0.29) is 6.42 Å². The van der Waals surface area contributed by atoms with Crippen LogP contribution in [0.5, 0.6) is 0 Å². The Kier molecular flexibility index (Phi) is 3.16. The average Bonchev–Trinajstić information content (AvgIpc) is 2.71. The van der Waals surface area contributed by atoms with Crippen molar-refractivity contribution in [2.45, 2.75) is 12.5 Å². The van der Waals surface area contributed by atoms with Gasteiger partial charge in [0.2, 0.25) is 6.10 Å². The van der Waals surface area contributed by atoms with E-state index in [1.165, 1.54) is 0 Å². The second-order valence-electron chi connectivity index (χ2n) is 3.30. The van der Waals surface area contributed by atoms with Crippen LogP contribution in [0, 0.1) is 0 Å². The Bertz CT molecular complexity index is 475. The lowest BCUT2D eigenvalue weighted by molar-refractivity contribution is -0.148. The maximum absolute atomic E-state index is 10.7. The molecule has 0 saturated heterocycles. The van der Waals surface area contributed by atoms with E-state index in [4.69, 9.17) is 21.5 Å². The Hall–Kier alpha value is -1.07. The zero-order valence-corrected chi connectivity index (χ0v) is 10.3. The molecule has 1 N–H and O–H groups in total. The standard InChI is InChI=1S/C10H7BrClNO3/c11-6-2-1-5(3-7(6)12)8-4-9(10(14)15)16-13-8/h1-3,9H,4H2,(H,14,15). The van der Waals surface area contributed by atoms with E-state index in [9.17, 15) is 4.79 Å². The van der Waals surface area contributed by atoms with Gasteiger partial charge in [-0.1, -0.05) is 22.8 Å². The van der Waals surface area contributed by atoms with Crippen molar-refractivity contribution >= 4 is 39.2 Å². The maximum atomic E-state index is 10.7. The number of aliphatic carboxylic acids is 1. The zero-order valence-electron chi connectivity index (χ0n) is 7.98. The van der Waals surface area contributed by atoms with Crippen LogP contribution in [0.25, 0.3) is 0 Å². The fourth-order valence-corrected chi connectivity index (χ4v) is 1.78. The van der Waals surface area contributed by atoms with E-state index in [0.717, 1.165) is 10.0 Å². The van der Waals surface area contributed by atoms with Gasteiger partial charge < -0.3 is 9.94 Å². The number of benzene rings is 1. The summed E-state index contributed by atoms with van der Waals surface area (Å²) in [5.41, 5.74) is 1.37. The Labute approximate surface area is 105 Å². The first-order valence-corrected chi connectivity index (χ1v) is 5.66. The molecule has 0 amide bonds. The highest BCUT2D eigenvalue weighted by Gasteiger charge is 2.28. The molecule has 2 rings (SSSR count). The van der Waals surface area contributed by atoms with Gasteiger partial charge in [-0.05, 0) is 28.1 Å². The van der Waals surface area contributed by atoms with E-state index in [2.05, 4.69) is 21.1 Å². The Morgan fingerprint density at radius 1 is 1.62 bits per heavy atom. The molecule has 1 aliphatic rings. The molecule has 0 fully saturated rings. The smallest absolute Gasteiger partial charge is 0.348 e. The fourth-order valence-electron chi connectivity index (χ4n) is 1.36. The quantitative estimate of drug-likeness (QED) is 0.914. The van der Waals surface area contributed by atoms with Gasteiger partial charge in [-0.15, -0.1) is 0 Å². The number of carboxylic acids is 1. The molecule has 1 atom stereocenters. The molecule has 0 spiro atoms. The third-order valence-electron chi connectivity index (χ3n) is 2.20. The van der Waals surface area contributed by atoms with E-state index in [1.807, 2.05) is 6.07 Å². The van der Waals surface area contributed by atoms with E-state index >= 15 is 0 Å². The van der Waals surface area contributed by atoms with Crippen LogP contribution in [-0.2, 0) is 9.63 Å². The number of hydrogen-bond acceptors (Lipinski definition) is 3. The van der Waals surface area contributed by atoms with E-state index in [1.54, 1.807) is 12.1 Å². The Balaban J connectivity index is 2.21. The molecule has 0 aromatic heterocycles. The molecule has 0 bridgehead atoms. The molecule has 84 valence electrons. The second kappa shape index (κ2) is 4.43. The SMILES string of the molecule is O=C(O)C1CC(c2ccc(Br)c(Cl)c2)=NO1. The van der Waals surface area contributed by atoms with Gasteiger partial charge in [-0.2, -0.15) is 0 Å². The van der Waals surface area contributed by atoms with Gasteiger partial charge in [0.25, 0.3) is 0 Å². The minimum atomic E-state index is -1.01. The number of hydrogen-bond donors (Lipinski definition) is 1. The van der Waals surface area contributed by atoms with Gasteiger partial charge in [0.05, 0.1) is 10.7 Å². The molecule has 1 heterocycles. The van der Waals surface area contributed by atoms with Crippen LogP contribution in [-0.4, -0.2) is 22.9 Å². The van der Waals surface area contributed by atoms with Crippen LogP contribution >= 0.6 is 27.5 Å². The summed E-state index contributed by atoms with van der Waals surface area (Å²) < 4.78 is 0.784. The van der Waals surface area contributed by atoms with Crippen LogP contribution in [0.15, 0.2) is 27.8 Å². The van der Waals surface area contributed by atoms with Crippen molar-refractivity contribution < 1.29 is 14.7 Å². The van der Waals surface area contributed by atoms with Gasteiger partial charge in [0.1, 0.15) is 0 Å². The topological polar surface area (TPSA) is 58.9 Å². The van der Waals surface area contributed by atoms with Crippen molar-refractivity contribution in [1.82, 2.24) is 0 Å². The lowest BCUT2D eigenvalue weighted by Gasteiger charge is -2.02. The monoisotopic (exact) mass is 303 g/mol. The number of carboxylic acid groups (broad SMARTS) is 1. The second-order valence-corrected chi connectivity index (χ2v) is 4.56. The zero-order chi connectivity index (χ0) is 11.7. The summed E-state index contributed by atoms with van der Waals surface area (Å²) in [5, 5.41) is 13.0. The number of halogens is 2. The van der Waals surface area contributed by atoms with Crippen molar-refractivity contribution in [2.75, 3.05) is 0 Å². The molecule has 1 aromatic carbocycles. The largest absolute Gasteiger partial charge is 0.478 e. The van der Waals surface area contributed by atoms with Gasteiger partial charge in [0, 0.05) is 16.5 Å². The first-order chi connectivity index (χ1) is 7.58. The molecule has 1 aromatic rings. The fraction of sp³-hybridized carbons (Fsp3) is 0.200. The highest BCUT2D eigenvalue weighted by Crippen LogP contribution is 2.25. The third-order valence-corrected chi connectivity index (χ3v) is 3.43. The van der Waals surface area contributed by atoms with Crippen molar-refractivity contribution in [3.8, 4) is 0 Å². The summed E-state index contributed by atoms with van der Waals surface area (Å²) in [5.74, 6) is -1.01. The molecular formula is C10H7BrClNO3. The number of carbonyl (C=O) groups is 1. The predicted molar refractivity (Wildman–Crippen MR) is 62.8 cm³/mol. The molecule has 0 aliphatic carbocycles. The lowest BCUT2D eigenvalue weighted by Crippen LogP contribution is -2.19. The predicted octanol–water partition coefficient (Wildman–Crippen LogP) is 2.68. The molecule has 6 heteroatoms. The summed E-state index contributed by atoms with van der Waals surface area (Å²) in [6.45, 7) is 0. The maximum Gasteiger partial charge on any atom is 0.348 e. The van der Waals surface area contributed by atoms with Crippen molar-refractivity contribution in [3.63, 3.8) is 0 Å². The Morgan fingerprint density at radius 3 is 2.94 bits per heavy atom. The van der Waals surface area contributed by atoms with Crippen LogP contribution < -0.4 is 0 Å². The molecule has 16 heavy (non-hydrogen) atoms. The van der Waals surface area contributed by atoms with Gasteiger partial charge in [0.15, 0.2) is 0 Å². The lowest BCUT2D eigenvalue weighted by atomic mass is 10.1. The highest BCUT2D eigenvalue weighted by molar-refractivity contribution is 9.10. The summed E-state index contributed by atoms with van der Waals surface area (Å²) in [6, 6.07) is 5.31. The molecule has 0 saturated carbocycles. The third kappa shape index (κ3) is 2.20. The molecular weight excluding hydrogens is 297 g/mol. The van der Waals surface area contributed by atoms with Crippen molar-refractivity contribution in [1.29, 1.82) is 0 Å². The normalized spacial score (nSPS) is 19.1. The van der Waals surface area contributed by atoms with E-state index in [0.29, 0.717) is 10.7 Å². The summed E-state index contributed by atoms with van der Waals surface area (Å²) in [6.07, 6.45) is -0.634. The molecule has 1 unspecified atom stereocenters. The summed E-state index contributed by atoms with van der Waals surface area (Å²) in [7, 11) is 0. The van der Waals surface area contributed by atoms with Crippen molar-refractivity contribution in [3.05, 3.63) is 33.3 Å². The van der Waals surface area contributed by atoms with Crippen molar-refractivity contribution in [2.24, 2.45) is 5.16 Å². The minimum Gasteiger partial charge on any atom is -0.478 e. The minimum absolute atomic E-state index is 0.257. The molecule has 4 nitrogen and oxygen atoms in total. The van der Waals surface area contributed by atoms with Crippen LogP contribution in [0.3, 0.4) is 0 Å². The summed E-state index contributed by atoms with van der Waals surface area (Å²) >= 11 is 9.21. The van der Waals surface area contributed by atoms with Gasteiger partial charge in [-0.25, -0.2) is 4.79 Å². The van der Waals surface area contributed by atoms with Gasteiger partial charge >= 0.3 is 5.97 Å². The average molecular weight is 305 g/mol. The van der Waals surface area contributed by atoms with Crippen LogP contribution in [0.2, 0.25) is 5.02 Å². The first kappa shape index (κ1) is 11.4. The molecule has 1 aliphatic heterocycles. The number of nitrogens with zero attached hydrogens (tertiary/aromatic N) is 1. The van der Waals surface area contributed by atoms with Gasteiger partial charge in [-0.3, -0.25) is 0 Å². The van der Waals surface area contributed by atoms with E-state index < -0.39 is 12.1 Å². The number of oxime groups is 1.